The van der Waals surface area contributed by atoms with Crippen LogP contribution in [-0.4, -0.2) is 26.5 Å². The molecule has 0 amide bonds. The zero-order valence-corrected chi connectivity index (χ0v) is 8.80. The summed E-state index contributed by atoms with van der Waals surface area (Å²) in [6.07, 6.45) is -1.06. The maximum Gasteiger partial charge on any atom is 0.148 e. The summed E-state index contributed by atoms with van der Waals surface area (Å²) >= 11 is 1.18. The molecule has 0 aromatic heterocycles. The number of hydrogen-bond acceptors (Lipinski definition) is 3. The van der Waals surface area contributed by atoms with Gasteiger partial charge in [0.15, 0.2) is 0 Å². The molecule has 0 saturated heterocycles. The largest absolute Gasteiger partial charge is 0.382 e. The van der Waals surface area contributed by atoms with Gasteiger partial charge in [0.05, 0.1) is 13.2 Å². The standard InChI is InChI=1S/C10H13FO2S/c1-12-7-9(11)8-13-14-10-5-3-2-4-6-10/h2-6,9H,7-8H2,1H3. The van der Waals surface area contributed by atoms with Crippen LogP contribution in [0.1, 0.15) is 0 Å². The van der Waals surface area contributed by atoms with E-state index in [0.717, 1.165) is 4.90 Å². The second-order valence-corrected chi connectivity index (χ2v) is 3.61. The van der Waals surface area contributed by atoms with Crippen LogP contribution in [0.4, 0.5) is 4.39 Å². The van der Waals surface area contributed by atoms with E-state index in [0.29, 0.717) is 0 Å². The molecule has 1 aromatic carbocycles. The Bertz CT molecular complexity index is 243. The van der Waals surface area contributed by atoms with Crippen LogP contribution in [-0.2, 0) is 8.92 Å². The average Bonchev–Trinajstić information content (AvgIpc) is 2.20. The quantitative estimate of drug-likeness (QED) is 0.681. The van der Waals surface area contributed by atoms with E-state index in [4.69, 9.17) is 4.18 Å². The molecule has 1 rings (SSSR count). The molecule has 0 saturated carbocycles. The third-order valence-corrected chi connectivity index (χ3v) is 2.21. The molecular formula is C10H13FO2S. The van der Waals surface area contributed by atoms with Crippen molar-refractivity contribution in [2.24, 2.45) is 0 Å². The Morgan fingerprint density at radius 1 is 1.29 bits per heavy atom. The Kier molecular flexibility index (Phi) is 5.59. The molecule has 2 nitrogen and oxygen atoms in total. The van der Waals surface area contributed by atoms with E-state index in [9.17, 15) is 4.39 Å². The van der Waals surface area contributed by atoms with Crippen molar-refractivity contribution in [3.8, 4) is 0 Å². The Labute approximate surface area is 87.6 Å². The van der Waals surface area contributed by atoms with Crippen molar-refractivity contribution in [3.05, 3.63) is 30.3 Å². The first kappa shape index (κ1) is 11.5. The Morgan fingerprint density at radius 3 is 2.64 bits per heavy atom. The van der Waals surface area contributed by atoms with Crippen molar-refractivity contribution in [3.63, 3.8) is 0 Å². The van der Waals surface area contributed by atoms with Crippen LogP contribution in [0.25, 0.3) is 0 Å². The van der Waals surface area contributed by atoms with E-state index in [1.54, 1.807) is 0 Å². The van der Waals surface area contributed by atoms with Crippen LogP contribution < -0.4 is 0 Å². The topological polar surface area (TPSA) is 18.5 Å². The smallest absolute Gasteiger partial charge is 0.148 e. The Morgan fingerprint density at radius 2 is 2.00 bits per heavy atom. The molecule has 0 heterocycles. The van der Waals surface area contributed by atoms with Gasteiger partial charge in [0.1, 0.15) is 6.17 Å². The van der Waals surface area contributed by atoms with E-state index in [2.05, 4.69) is 4.74 Å². The molecule has 14 heavy (non-hydrogen) atoms. The van der Waals surface area contributed by atoms with Crippen molar-refractivity contribution in [2.45, 2.75) is 11.1 Å². The van der Waals surface area contributed by atoms with E-state index >= 15 is 0 Å². The molecule has 0 bridgehead atoms. The molecule has 4 heteroatoms. The van der Waals surface area contributed by atoms with Crippen LogP contribution in [0.2, 0.25) is 0 Å². The molecule has 0 fully saturated rings. The van der Waals surface area contributed by atoms with Crippen molar-refractivity contribution in [1.29, 1.82) is 0 Å². The van der Waals surface area contributed by atoms with Gasteiger partial charge in [0.2, 0.25) is 0 Å². The fourth-order valence-electron chi connectivity index (χ4n) is 0.881. The molecule has 0 aliphatic rings. The number of halogens is 1. The summed E-state index contributed by atoms with van der Waals surface area (Å²) in [6.45, 7) is 0.128. The minimum absolute atomic E-state index is 0.0490. The maximum atomic E-state index is 12.8. The van der Waals surface area contributed by atoms with E-state index in [1.807, 2.05) is 30.3 Å². The minimum atomic E-state index is -1.06. The van der Waals surface area contributed by atoms with Gasteiger partial charge in [-0.15, -0.1) is 0 Å². The van der Waals surface area contributed by atoms with Crippen LogP contribution >= 0.6 is 12.0 Å². The molecule has 1 atom stereocenters. The predicted octanol–water partition coefficient (Wildman–Crippen LogP) is 2.69. The summed E-state index contributed by atoms with van der Waals surface area (Å²) in [5.41, 5.74) is 0. The number of alkyl halides is 1. The lowest BCUT2D eigenvalue weighted by Gasteiger charge is -2.06. The predicted molar refractivity (Wildman–Crippen MR) is 55.0 cm³/mol. The summed E-state index contributed by atoms with van der Waals surface area (Å²) in [5, 5.41) is 0. The van der Waals surface area contributed by atoms with E-state index in [1.165, 1.54) is 19.2 Å². The van der Waals surface area contributed by atoms with Crippen molar-refractivity contribution < 1.29 is 13.3 Å². The van der Waals surface area contributed by atoms with Crippen LogP contribution in [0, 0.1) is 0 Å². The van der Waals surface area contributed by atoms with Crippen LogP contribution in [0.3, 0.4) is 0 Å². The highest BCUT2D eigenvalue weighted by molar-refractivity contribution is 7.94. The van der Waals surface area contributed by atoms with Crippen LogP contribution in [0.5, 0.6) is 0 Å². The third kappa shape index (κ3) is 4.60. The van der Waals surface area contributed by atoms with Gasteiger partial charge in [-0.3, -0.25) is 0 Å². The van der Waals surface area contributed by atoms with Gasteiger partial charge in [-0.2, -0.15) is 0 Å². The van der Waals surface area contributed by atoms with E-state index in [-0.39, 0.29) is 13.2 Å². The molecule has 78 valence electrons. The van der Waals surface area contributed by atoms with Crippen molar-refractivity contribution in [2.75, 3.05) is 20.3 Å². The zero-order chi connectivity index (χ0) is 10.2. The highest BCUT2D eigenvalue weighted by Crippen LogP contribution is 2.18. The normalized spacial score (nSPS) is 12.7. The molecule has 1 aromatic rings. The van der Waals surface area contributed by atoms with Crippen molar-refractivity contribution in [1.82, 2.24) is 0 Å². The molecular weight excluding hydrogens is 203 g/mol. The highest BCUT2D eigenvalue weighted by Gasteiger charge is 2.05. The summed E-state index contributed by atoms with van der Waals surface area (Å²) < 4.78 is 22.6. The zero-order valence-electron chi connectivity index (χ0n) is 7.98. The average molecular weight is 216 g/mol. The third-order valence-electron chi connectivity index (χ3n) is 1.49. The fraction of sp³-hybridized carbons (Fsp3) is 0.400. The summed E-state index contributed by atoms with van der Waals surface area (Å²) in [5.74, 6) is 0. The Hall–Kier alpha value is -0.580. The molecule has 0 aliphatic heterocycles. The lowest BCUT2D eigenvalue weighted by molar-refractivity contribution is 0.0957. The first-order chi connectivity index (χ1) is 6.83. The van der Waals surface area contributed by atoms with Gasteiger partial charge in [0, 0.05) is 24.0 Å². The van der Waals surface area contributed by atoms with Gasteiger partial charge in [-0.05, 0) is 12.1 Å². The summed E-state index contributed by atoms with van der Waals surface area (Å²) in [7, 11) is 1.47. The van der Waals surface area contributed by atoms with Gasteiger partial charge >= 0.3 is 0 Å². The molecule has 0 N–H and O–H groups in total. The van der Waals surface area contributed by atoms with Gasteiger partial charge in [-0.1, -0.05) is 18.2 Å². The summed E-state index contributed by atoms with van der Waals surface area (Å²) in [6, 6.07) is 9.57. The first-order valence-corrected chi connectivity index (χ1v) is 5.04. The summed E-state index contributed by atoms with van der Waals surface area (Å²) in [4.78, 5) is 0.970. The molecule has 0 radical (unpaired) electrons. The molecule has 1 unspecified atom stereocenters. The van der Waals surface area contributed by atoms with Gasteiger partial charge in [-0.25, -0.2) is 4.39 Å². The van der Waals surface area contributed by atoms with Gasteiger partial charge in [0.25, 0.3) is 0 Å². The maximum absolute atomic E-state index is 12.8. The number of hydrogen-bond donors (Lipinski definition) is 0. The lowest BCUT2D eigenvalue weighted by atomic mass is 10.4. The fourth-order valence-corrected chi connectivity index (χ4v) is 1.50. The van der Waals surface area contributed by atoms with E-state index < -0.39 is 6.17 Å². The van der Waals surface area contributed by atoms with Gasteiger partial charge < -0.3 is 8.92 Å². The van der Waals surface area contributed by atoms with Crippen LogP contribution in [0.15, 0.2) is 35.2 Å². The highest BCUT2D eigenvalue weighted by atomic mass is 32.2. The first-order valence-electron chi connectivity index (χ1n) is 4.30. The second kappa shape index (κ2) is 6.81. The number of benzene rings is 1. The number of methoxy groups -OCH3 is 1. The molecule has 0 aliphatic carbocycles. The lowest BCUT2D eigenvalue weighted by Crippen LogP contribution is -2.14. The minimum Gasteiger partial charge on any atom is -0.382 e. The molecule has 0 spiro atoms. The second-order valence-electron chi connectivity index (χ2n) is 2.73. The SMILES string of the molecule is COCC(F)COSc1ccccc1. The number of rotatable bonds is 6. The monoisotopic (exact) mass is 216 g/mol. The number of ether oxygens (including phenoxy) is 1. The van der Waals surface area contributed by atoms with Crippen molar-refractivity contribution >= 4 is 12.0 Å². The Balaban J connectivity index is 2.16.